The quantitative estimate of drug-likeness (QED) is 0.224. The summed E-state index contributed by atoms with van der Waals surface area (Å²) in [4.78, 5) is 53.6. The molecule has 2 aromatic rings. The monoisotopic (exact) mass is 606 g/mol. The fraction of sp³-hybridized carbons (Fsp3) is 0.308. The zero-order valence-electron chi connectivity index (χ0n) is 20.0. The Kier molecular flexibility index (Phi) is 8.94. The molecule has 2 aliphatic rings. The van der Waals surface area contributed by atoms with Crippen molar-refractivity contribution in [2.45, 2.75) is 26.2 Å². The summed E-state index contributed by atoms with van der Waals surface area (Å²) in [6, 6.07) is 9.56. The molecule has 0 aromatic heterocycles. The van der Waals surface area contributed by atoms with Gasteiger partial charge >= 0.3 is 5.97 Å². The Morgan fingerprint density at radius 2 is 1.81 bits per heavy atom. The van der Waals surface area contributed by atoms with Crippen LogP contribution in [0.2, 0.25) is 5.02 Å². The SMILES string of the molecule is CCOc1cc(/C=C2\SC(=O)N(CC(=O)N3CCCCC3)C2=O)cc(Br)c1OC(=O)c1ccc(Cl)cc1. The third-order valence-electron chi connectivity index (χ3n) is 5.78. The third kappa shape index (κ3) is 6.55. The summed E-state index contributed by atoms with van der Waals surface area (Å²) in [5.74, 6) is -0.876. The van der Waals surface area contributed by atoms with Crippen molar-refractivity contribution in [1.29, 1.82) is 0 Å². The molecular formula is C26H24BrClN2O6S. The van der Waals surface area contributed by atoms with Gasteiger partial charge in [0.05, 0.1) is 21.5 Å². The van der Waals surface area contributed by atoms with E-state index in [2.05, 4.69) is 15.9 Å². The predicted molar refractivity (Wildman–Crippen MR) is 145 cm³/mol. The molecule has 0 spiro atoms. The van der Waals surface area contributed by atoms with Crippen LogP contribution in [0, 0.1) is 0 Å². The van der Waals surface area contributed by atoms with Gasteiger partial charge in [-0.05, 0) is 102 Å². The first kappa shape index (κ1) is 27.2. The second kappa shape index (κ2) is 12.1. The Morgan fingerprint density at radius 3 is 2.49 bits per heavy atom. The molecular weight excluding hydrogens is 584 g/mol. The second-order valence-corrected chi connectivity index (χ2v) is 10.7. The number of thioether (sulfide) groups is 1. The average molecular weight is 608 g/mol. The lowest BCUT2D eigenvalue weighted by molar-refractivity contribution is -0.136. The van der Waals surface area contributed by atoms with Gasteiger partial charge in [0.15, 0.2) is 11.5 Å². The lowest BCUT2D eigenvalue weighted by Crippen LogP contribution is -2.44. The number of hydrogen-bond donors (Lipinski definition) is 0. The molecule has 2 saturated heterocycles. The Bertz CT molecular complexity index is 1260. The van der Waals surface area contributed by atoms with Crippen molar-refractivity contribution < 1.29 is 28.7 Å². The van der Waals surface area contributed by atoms with Gasteiger partial charge in [0.2, 0.25) is 5.91 Å². The highest BCUT2D eigenvalue weighted by Gasteiger charge is 2.37. The molecule has 0 unspecified atom stereocenters. The molecule has 2 aliphatic heterocycles. The number of amides is 3. The zero-order valence-corrected chi connectivity index (χ0v) is 23.2. The van der Waals surface area contributed by atoms with E-state index in [9.17, 15) is 19.2 Å². The highest BCUT2D eigenvalue weighted by Crippen LogP contribution is 2.40. The molecule has 11 heteroatoms. The number of esters is 1. The van der Waals surface area contributed by atoms with Crippen LogP contribution in [0.1, 0.15) is 42.1 Å². The number of likely N-dealkylation sites (tertiary alicyclic amines) is 1. The van der Waals surface area contributed by atoms with E-state index in [1.165, 1.54) is 0 Å². The van der Waals surface area contributed by atoms with Crippen LogP contribution in [-0.4, -0.2) is 59.1 Å². The molecule has 8 nitrogen and oxygen atoms in total. The van der Waals surface area contributed by atoms with Crippen molar-refractivity contribution in [1.82, 2.24) is 9.80 Å². The first-order valence-corrected chi connectivity index (χ1v) is 13.7. The lowest BCUT2D eigenvalue weighted by atomic mass is 10.1. The van der Waals surface area contributed by atoms with Crippen molar-refractivity contribution in [3.63, 3.8) is 0 Å². The van der Waals surface area contributed by atoms with E-state index in [-0.39, 0.29) is 28.9 Å². The second-order valence-electron chi connectivity index (χ2n) is 8.37. The maximum absolute atomic E-state index is 13.0. The van der Waals surface area contributed by atoms with Crippen molar-refractivity contribution in [2.24, 2.45) is 0 Å². The minimum Gasteiger partial charge on any atom is -0.490 e. The number of carbonyl (C=O) groups is 4. The highest BCUT2D eigenvalue weighted by molar-refractivity contribution is 9.10. The van der Waals surface area contributed by atoms with Crippen molar-refractivity contribution in [2.75, 3.05) is 26.2 Å². The van der Waals surface area contributed by atoms with E-state index in [4.69, 9.17) is 21.1 Å². The van der Waals surface area contributed by atoms with Gasteiger partial charge in [-0.3, -0.25) is 19.3 Å². The molecule has 0 atom stereocenters. The maximum Gasteiger partial charge on any atom is 0.343 e. The van der Waals surface area contributed by atoms with Crippen LogP contribution < -0.4 is 9.47 Å². The number of benzene rings is 2. The summed E-state index contributed by atoms with van der Waals surface area (Å²) in [5, 5.41) is 0.0107. The van der Waals surface area contributed by atoms with Gasteiger partial charge in [-0.1, -0.05) is 11.6 Å². The number of halogens is 2. The van der Waals surface area contributed by atoms with Gasteiger partial charge < -0.3 is 14.4 Å². The predicted octanol–water partition coefficient (Wildman–Crippen LogP) is 5.77. The van der Waals surface area contributed by atoms with Crippen LogP contribution in [0.15, 0.2) is 45.8 Å². The van der Waals surface area contributed by atoms with Crippen molar-refractivity contribution in [3.05, 3.63) is 61.9 Å². The van der Waals surface area contributed by atoms with Crippen LogP contribution in [-0.2, 0) is 9.59 Å². The first-order valence-electron chi connectivity index (χ1n) is 11.7. The maximum atomic E-state index is 13.0. The summed E-state index contributed by atoms with van der Waals surface area (Å²) in [5.41, 5.74) is 0.866. The minimum absolute atomic E-state index is 0.180. The summed E-state index contributed by atoms with van der Waals surface area (Å²) < 4.78 is 11.7. The summed E-state index contributed by atoms with van der Waals surface area (Å²) in [6.45, 7) is 3.12. The van der Waals surface area contributed by atoms with Crippen LogP contribution >= 0.6 is 39.3 Å². The average Bonchev–Trinajstić information content (AvgIpc) is 3.14. The number of carbonyl (C=O) groups excluding carboxylic acids is 4. The number of imide groups is 1. The van der Waals surface area contributed by atoms with Crippen LogP contribution in [0.3, 0.4) is 0 Å². The molecule has 4 rings (SSSR count). The van der Waals surface area contributed by atoms with Crippen molar-refractivity contribution in [3.8, 4) is 11.5 Å². The van der Waals surface area contributed by atoms with Gasteiger partial charge in [-0.15, -0.1) is 0 Å². The van der Waals surface area contributed by atoms with Crippen molar-refractivity contribution >= 4 is 68.4 Å². The molecule has 0 saturated carbocycles. The van der Waals surface area contributed by atoms with E-state index >= 15 is 0 Å². The van der Waals surface area contributed by atoms with Gasteiger partial charge in [-0.25, -0.2) is 4.79 Å². The Hall–Kier alpha value is -2.82. The molecule has 2 heterocycles. The number of nitrogens with zero attached hydrogens (tertiary/aromatic N) is 2. The Morgan fingerprint density at radius 1 is 1.11 bits per heavy atom. The largest absolute Gasteiger partial charge is 0.490 e. The summed E-state index contributed by atoms with van der Waals surface area (Å²) >= 11 is 10.1. The molecule has 0 aliphatic carbocycles. The molecule has 2 fully saturated rings. The Labute approximate surface area is 232 Å². The normalized spacial score (nSPS) is 16.9. The van der Waals surface area contributed by atoms with E-state index < -0.39 is 17.1 Å². The van der Waals surface area contributed by atoms with E-state index in [0.717, 1.165) is 35.9 Å². The fourth-order valence-electron chi connectivity index (χ4n) is 3.94. The van der Waals surface area contributed by atoms with E-state index in [0.29, 0.717) is 40.3 Å². The number of rotatable bonds is 7. The van der Waals surface area contributed by atoms with Gasteiger partial charge in [0.25, 0.3) is 11.1 Å². The third-order valence-corrected chi connectivity index (χ3v) is 7.53. The first-order chi connectivity index (χ1) is 17.8. The summed E-state index contributed by atoms with van der Waals surface area (Å²) in [6.07, 6.45) is 4.48. The zero-order chi connectivity index (χ0) is 26.5. The highest BCUT2D eigenvalue weighted by atomic mass is 79.9. The molecule has 0 N–H and O–H groups in total. The number of hydrogen-bond acceptors (Lipinski definition) is 7. The number of piperidine rings is 1. The lowest BCUT2D eigenvalue weighted by Gasteiger charge is -2.27. The van der Waals surface area contributed by atoms with Crippen LogP contribution in [0.4, 0.5) is 4.79 Å². The van der Waals surface area contributed by atoms with Gasteiger partial charge in [0.1, 0.15) is 6.54 Å². The molecule has 0 radical (unpaired) electrons. The van der Waals surface area contributed by atoms with E-state index in [1.807, 2.05) is 0 Å². The topological polar surface area (TPSA) is 93.2 Å². The molecule has 37 heavy (non-hydrogen) atoms. The smallest absolute Gasteiger partial charge is 0.343 e. The standard InChI is InChI=1S/C26H24BrClN2O6S/c1-2-35-20-13-16(12-19(27)23(20)36-25(33)17-6-8-18(28)9-7-17)14-21-24(32)30(26(34)37-21)15-22(31)29-10-4-3-5-11-29/h6-9,12-14H,2-5,10-11,15H2,1H3/b21-14-. The molecule has 3 amide bonds. The van der Waals surface area contributed by atoms with Gasteiger partial charge in [0, 0.05) is 18.1 Å². The summed E-state index contributed by atoms with van der Waals surface area (Å²) in [7, 11) is 0. The number of ether oxygens (including phenoxy) is 2. The van der Waals surface area contributed by atoms with Crippen LogP contribution in [0.25, 0.3) is 6.08 Å². The molecule has 2 aromatic carbocycles. The van der Waals surface area contributed by atoms with Gasteiger partial charge in [-0.2, -0.15) is 0 Å². The van der Waals surface area contributed by atoms with Crippen LogP contribution in [0.5, 0.6) is 11.5 Å². The van der Waals surface area contributed by atoms with E-state index in [1.54, 1.807) is 54.3 Å². The minimum atomic E-state index is -0.592. The fourth-order valence-corrected chi connectivity index (χ4v) is 5.44. The molecule has 0 bridgehead atoms. The Balaban J connectivity index is 1.53. The molecule has 194 valence electrons.